The Hall–Kier alpha value is -0.900. The average molecular weight is 194 g/mol. The van der Waals surface area contributed by atoms with Crippen molar-refractivity contribution in [3.05, 3.63) is 34.9 Å². The van der Waals surface area contributed by atoms with Gasteiger partial charge in [0.05, 0.1) is 0 Å². The Kier molecular flexibility index (Phi) is 3.26. The predicted molar refractivity (Wildman–Crippen MR) is 57.7 cm³/mol. The van der Waals surface area contributed by atoms with Gasteiger partial charge in [0.1, 0.15) is 5.60 Å². The summed E-state index contributed by atoms with van der Waals surface area (Å²) in [6.07, 6.45) is 0. The molecule has 0 aliphatic rings. The molecule has 78 valence electrons. The minimum absolute atomic E-state index is 0.343. The summed E-state index contributed by atoms with van der Waals surface area (Å²) in [7, 11) is 0. The van der Waals surface area contributed by atoms with E-state index in [0.29, 0.717) is 6.54 Å². The number of benzene rings is 1. The van der Waals surface area contributed by atoms with Crippen molar-refractivity contribution in [3.8, 4) is 0 Å². The molecule has 0 saturated carbocycles. The van der Waals surface area contributed by atoms with E-state index in [1.165, 1.54) is 11.1 Å². The Morgan fingerprint density at radius 2 is 2.00 bits per heavy atom. The first-order valence-corrected chi connectivity index (χ1v) is 4.71. The Balaban J connectivity index is 3.01. The molecule has 1 atom stereocenters. The lowest BCUT2D eigenvalue weighted by Crippen LogP contribution is -2.38. The molecule has 0 spiro atoms. The van der Waals surface area contributed by atoms with Crippen molar-refractivity contribution >= 4 is 0 Å². The third kappa shape index (κ3) is 2.32. The second-order valence-electron chi connectivity index (χ2n) is 3.95. The molecule has 0 heterocycles. The van der Waals surface area contributed by atoms with Gasteiger partial charge in [-0.1, -0.05) is 18.2 Å². The highest BCUT2D eigenvalue weighted by Gasteiger charge is 2.22. The van der Waals surface area contributed by atoms with E-state index in [1.807, 2.05) is 25.1 Å². The molecule has 1 aromatic rings. The Bertz CT molecular complexity index is 321. The van der Waals surface area contributed by atoms with Gasteiger partial charge in [-0.15, -0.1) is 0 Å². The van der Waals surface area contributed by atoms with Crippen molar-refractivity contribution in [1.82, 2.24) is 5.43 Å². The highest BCUT2D eigenvalue weighted by atomic mass is 16.3. The lowest BCUT2D eigenvalue weighted by molar-refractivity contribution is 0.0572. The van der Waals surface area contributed by atoms with Gasteiger partial charge in [-0.05, 0) is 37.5 Å². The summed E-state index contributed by atoms with van der Waals surface area (Å²) < 4.78 is 0. The fraction of sp³-hybridized carbons (Fsp3) is 0.455. The van der Waals surface area contributed by atoms with Crippen LogP contribution in [0.4, 0.5) is 0 Å². The van der Waals surface area contributed by atoms with Crippen LogP contribution in [0.25, 0.3) is 0 Å². The number of aliphatic hydroxyl groups is 1. The van der Waals surface area contributed by atoms with Gasteiger partial charge >= 0.3 is 0 Å². The monoisotopic (exact) mass is 194 g/mol. The third-order valence-corrected chi connectivity index (χ3v) is 2.58. The molecule has 3 nitrogen and oxygen atoms in total. The van der Waals surface area contributed by atoms with E-state index in [9.17, 15) is 5.11 Å². The van der Waals surface area contributed by atoms with Gasteiger partial charge in [0.25, 0.3) is 0 Å². The summed E-state index contributed by atoms with van der Waals surface area (Å²) >= 11 is 0. The molecule has 1 unspecified atom stereocenters. The normalized spacial score (nSPS) is 15.2. The fourth-order valence-corrected chi connectivity index (χ4v) is 1.38. The molecule has 0 amide bonds. The SMILES string of the molecule is Cc1ccc(C(C)(O)CNN)cc1C. The minimum Gasteiger partial charge on any atom is -0.384 e. The molecule has 14 heavy (non-hydrogen) atoms. The van der Waals surface area contributed by atoms with Crippen LogP contribution in [0.2, 0.25) is 0 Å². The van der Waals surface area contributed by atoms with Crippen molar-refractivity contribution in [3.63, 3.8) is 0 Å². The number of rotatable bonds is 3. The fourth-order valence-electron chi connectivity index (χ4n) is 1.38. The maximum Gasteiger partial charge on any atom is 0.101 e. The Morgan fingerprint density at radius 1 is 1.36 bits per heavy atom. The first kappa shape index (κ1) is 11.2. The second-order valence-corrected chi connectivity index (χ2v) is 3.95. The molecule has 1 aromatic carbocycles. The van der Waals surface area contributed by atoms with Crippen LogP contribution >= 0.6 is 0 Å². The van der Waals surface area contributed by atoms with E-state index >= 15 is 0 Å². The molecule has 0 aliphatic carbocycles. The number of nitrogens with one attached hydrogen (secondary N) is 1. The van der Waals surface area contributed by atoms with E-state index < -0.39 is 5.60 Å². The van der Waals surface area contributed by atoms with E-state index in [1.54, 1.807) is 6.92 Å². The number of hydrazine groups is 1. The first-order chi connectivity index (χ1) is 6.47. The zero-order chi connectivity index (χ0) is 10.8. The summed E-state index contributed by atoms with van der Waals surface area (Å²) in [5, 5.41) is 10.1. The van der Waals surface area contributed by atoms with Crippen molar-refractivity contribution in [1.29, 1.82) is 0 Å². The lowest BCUT2D eigenvalue weighted by Gasteiger charge is -2.24. The zero-order valence-corrected chi connectivity index (χ0v) is 8.96. The van der Waals surface area contributed by atoms with Gasteiger partial charge in [0.2, 0.25) is 0 Å². The van der Waals surface area contributed by atoms with Crippen LogP contribution in [-0.4, -0.2) is 11.7 Å². The number of hydrogen-bond acceptors (Lipinski definition) is 3. The van der Waals surface area contributed by atoms with Gasteiger partial charge in [-0.25, -0.2) is 0 Å². The molecule has 0 saturated heterocycles. The molecule has 0 fully saturated rings. The largest absolute Gasteiger partial charge is 0.384 e. The van der Waals surface area contributed by atoms with Crippen LogP contribution in [0.5, 0.6) is 0 Å². The van der Waals surface area contributed by atoms with Crippen LogP contribution in [-0.2, 0) is 5.60 Å². The standard InChI is InChI=1S/C11H18N2O/c1-8-4-5-10(6-9(8)2)11(3,14)7-13-12/h4-6,13-14H,7,12H2,1-3H3. The molecule has 0 radical (unpaired) electrons. The lowest BCUT2D eigenvalue weighted by atomic mass is 9.93. The third-order valence-electron chi connectivity index (χ3n) is 2.58. The van der Waals surface area contributed by atoms with Crippen LogP contribution in [0, 0.1) is 13.8 Å². The summed E-state index contributed by atoms with van der Waals surface area (Å²) in [6.45, 7) is 6.17. The van der Waals surface area contributed by atoms with Crippen LogP contribution < -0.4 is 11.3 Å². The molecule has 3 heteroatoms. The molecule has 1 rings (SSSR count). The summed E-state index contributed by atoms with van der Waals surface area (Å²) in [6, 6.07) is 5.93. The predicted octanol–water partition coefficient (Wildman–Crippen LogP) is 0.974. The van der Waals surface area contributed by atoms with Crippen molar-refractivity contribution in [2.24, 2.45) is 5.84 Å². The van der Waals surface area contributed by atoms with Crippen molar-refractivity contribution < 1.29 is 5.11 Å². The zero-order valence-electron chi connectivity index (χ0n) is 8.96. The van der Waals surface area contributed by atoms with Gasteiger partial charge in [0.15, 0.2) is 0 Å². The summed E-state index contributed by atoms with van der Waals surface area (Å²) in [4.78, 5) is 0. The Labute approximate surface area is 84.9 Å². The maximum absolute atomic E-state index is 10.1. The van der Waals surface area contributed by atoms with Crippen LogP contribution in [0.15, 0.2) is 18.2 Å². The molecular formula is C11H18N2O. The van der Waals surface area contributed by atoms with Crippen molar-refractivity contribution in [2.75, 3.05) is 6.54 Å². The molecule has 0 aromatic heterocycles. The molecule has 0 aliphatic heterocycles. The number of aryl methyl sites for hydroxylation is 2. The first-order valence-electron chi connectivity index (χ1n) is 4.71. The summed E-state index contributed by atoms with van der Waals surface area (Å²) in [5.41, 5.74) is 4.88. The summed E-state index contributed by atoms with van der Waals surface area (Å²) in [5.74, 6) is 5.21. The topological polar surface area (TPSA) is 58.3 Å². The minimum atomic E-state index is -0.910. The molecular weight excluding hydrogens is 176 g/mol. The van der Waals surface area contributed by atoms with Gasteiger partial charge in [-0.3, -0.25) is 11.3 Å². The smallest absolute Gasteiger partial charge is 0.101 e. The van der Waals surface area contributed by atoms with Gasteiger partial charge < -0.3 is 5.11 Å². The maximum atomic E-state index is 10.1. The number of hydrogen-bond donors (Lipinski definition) is 3. The second kappa shape index (κ2) is 4.09. The molecule has 0 bridgehead atoms. The average Bonchev–Trinajstić information content (AvgIpc) is 2.09. The van der Waals surface area contributed by atoms with E-state index in [4.69, 9.17) is 5.84 Å². The van der Waals surface area contributed by atoms with Gasteiger partial charge in [-0.2, -0.15) is 0 Å². The molecule has 4 N–H and O–H groups in total. The van der Waals surface area contributed by atoms with Crippen LogP contribution in [0.3, 0.4) is 0 Å². The van der Waals surface area contributed by atoms with Gasteiger partial charge in [0, 0.05) is 6.54 Å². The van der Waals surface area contributed by atoms with E-state index in [0.717, 1.165) is 5.56 Å². The highest BCUT2D eigenvalue weighted by Crippen LogP contribution is 2.21. The van der Waals surface area contributed by atoms with Crippen LogP contribution in [0.1, 0.15) is 23.6 Å². The number of nitrogens with two attached hydrogens (primary N) is 1. The van der Waals surface area contributed by atoms with Crippen molar-refractivity contribution in [2.45, 2.75) is 26.4 Å². The van der Waals surface area contributed by atoms with E-state index in [2.05, 4.69) is 12.3 Å². The van der Waals surface area contributed by atoms with E-state index in [-0.39, 0.29) is 0 Å². The quantitative estimate of drug-likeness (QED) is 0.496. The Morgan fingerprint density at radius 3 is 2.50 bits per heavy atom. The highest BCUT2D eigenvalue weighted by molar-refractivity contribution is 5.33.